The van der Waals surface area contributed by atoms with Crippen molar-refractivity contribution in [2.24, 2.45) is 10.2 Å². The standard InChI is InChI=1S/2C16H13N3O5S.Ba/c2*20-15-10-14(18-19(15)12-6-2-1-3-7-12)17-16(21)11-5-4-8-13(9-11)25(22,23)24;/h2*1-9H,10H2,(H,17,18,21)(H,22,23,24);/q;;+2/p-2. The van der Waals surface area contributed by atoms with Gasteiger partial charge < -0.3 is 19.7 Å². The molecule has 256 valence electrons. The van der Waals surface area contributed by atoms with Crippen molar-refractivity contribution in [1.29, 1.82) is 0 Å². The molecule has 16 nitrogen and oxygen atoms in total. The molecule has 2 aliphatic heterocycles. The minimum Gasteiger partial charge on any atom is -0.744 e. The number of nitrogens with one attached hydrogen (secondary N) is 2. The molecule has 0 fully saturated rings. The number of para-hydroxylation sites is 2. The Morgan fingerprint density at radius 2 is 0.922 bits per heavy atom. The molecule has 0 atom stereocenters. The molecule has 0 spiro atoms. The zero-order valence-corrected chi connectivity index (χ0v) is 32.3. The maximum atomic E-state index is 12.2. The first kappa shape index (κ1) is 39.3. The van der Waals surface area contributed by atoms with Gasteiger partial charge in [0.25, 0.3) is 23.6 Å². The van der Waals surface area contributed by atoms with Crippen LogP contribution >= 0.6 is 0 Å². The Kier molecular flexibility index (Phi) is 12.8. The molecule has 0 aromatic heterocycles. The summed E-state index contributed by atoms with van der Waals surface area (Å²) in [5, 5.41) is 15.4. The number of hydrazone groups is 2. The van der Waals surface area contributed by atoms with Gasteiger partial charge in [0.15, 0.2) is 0 Å². The van der Waals surface area contributed by atoms with Crippen LogP contribution in [0.25, 0.3) is 0 Å². The van der Waals surface area contributed by atoms with Crippen molar-refractivity contribution in [1.82, 2.24) is 10.6 Å². The van der Waals surface area contributed by atoms with Crippen LogP contribution in [-0.4, -0.2) is 110 Å². The van der Waals surface area contributed by atoms with Crippen LogP contribution in [-0.2, 0) is 29.8 Å². The summed E-state index contributed by atoms with van der Waals surface area (Å²) in [7, 11) is -9.32. The van der Waals surface area contributed by atoms with Crippen LogP contribution in [0.5, 0.6) is 0 Å². The third-order valence-corrected chi connectivity index (χ3v) is 8.50. The largest absolute Gasteiger partial charge is 2.00 e. The summed E-state index contributed by atoms with van der Waals surface area (Å²) in [6.07, 6.45) is -0.194. The quantitative estimate of drug-likeness (QED) is 0.211. The Labute approximate surface area is 331 Å². The van der Waals surface area contributed by atoms with Crippen LogP contribution in [0.15, 0.2) is 129 Å². The number of carbonyl (C=O) groups is 4. The molecule has 0 radical (unpaired) electrons. The number of benzene rings is 4. The van der Waals surface area contributed by atoms with Gasteiger partial charge in [-0.15, -0.1) is 0 Å². The summed E-state index contributed by atoms with van der Waals surface area (Å²) >= 11 is 0. The molecule has 51 heavy (non-hydrogen) atoms. The Morgan fingerprint density at radius 3 is 1.25 bits per heavy atom. The van der Waals surface area contributed by atoms with Crippen molar-refractivity contribution in [3.8, 4) is 0 Å². The summed E-state index contributed by atoms with van der Waals surface area (Å²) in [5.41, 5.74) is 1.09. The van der Waals surface area contributed by atoms with Gasteiger partial charge in [0.1, 0.15) is 31.9 Å². The van der Waals surface area contributed by atoms with Gasteiger partial charge in [-0.3, -0.25) is 19.2 Å². The SMILES string of the molecule is O=C(NC1=NN(c2ccccc2)C(=O)C1)c1cccc(S(=O)(=O)[O-])c1.O=C(NC1=NN(c2ccccc2)C(=O)C1)c1cccc(S(=O)(=O)[O-])c1.[Ba+2]. The van der Waals surface area contributed by atoms with E-state index >= 15 is 0 Å². The van der Waals surface area contributed by atoms with Crippen molar-refractivity contribution < 1.29 is 45.1 Å². The monoisotopic (exact) mass is 854 g/mol. The third kappa shape index (κ3) is 10.3. The van der Waals surface area contributed by atoms with Crippen LogP contribution < -0.4 is 20.7 Å². The number of nitrogens with zero attached hydrogens (tertiary/aromatic N) is 4. The summed E-state index contributed by atoms with van der Waals surface area (Å²) in [6.45, 7) is 0. The number of hydrogen-bond acceptors (Lipinski definition) is 12. The van der Waals surface area contributed by atoms with Gasteiger partial charge >= 0.3 is 48.9 Å². The molecule has 4 aromatic carbocycles. The van der Waals surface area contributed by atoms with E-state index in [0.29, 0.717) is 11.4 Å². The number of anilines is 2. The molecular formula is C32H24BaN6O10S2. The Hall–Kier alpha value is -4.51. The molecule has 0 aliphatic carbocycles. The Morgan fingerprint density at radius 1 is 0.569 bits per heavy atom. The van der Waals surface area contributed by atoms with Crippen LogP contribution in [0.2, 0.25) is 0 Å². The van der Waals surface area contributed by atoms with Gasteiger partial charge in [-0.2, -0.15) is 20.2 Å². The second-order valence-corrected chi connectivity index (χ2v) is 13.2. The fourth-order valence-corrected chi connectivity index (χ4v) is 5.57. The van der Waals surface area contributed by atoms with Crippen molar-refractivity contribution in [2.45, 2.75) is 22.6 Å². The molecule has 6 rings (SSSR count). The second-order valence-electron chi connectivity index (χ2n) is 10.4. The maximum Gasteiger partial charge on any atom is 2.00 e. The molecule has 4 aromatic rings. The van der Waals surface area contributed by atoms with Crippen molar-refractivity contribution in [2.75, 3.05) is 10.0 Å². The first-order chi connectivity index (χ1) is 23.7. The molecule has 2 heterocycles. The number of carbonyl (C=O) groups excluding carboxylic acids is 4. The van der Waals surface area contributed by atoms with Crippen LogP contribution in [0.3, 0.4) is 0 Å². The first-order valence-electron chi connectivity index (χ1n) is 14.3. The van der Waals surface area contributed by atoms with Gasteiger partial charge in [0, 0.05) is 11.1 Å². The normalized spacial score (nSPS) is 14.1. The van der Waals surface area contributed by atoms with E-state index in [1.54, 1.807) is 60.7 Å². The van der Waals surface area contributed by atoms with E-state index in [0.717, 1.165) is 24.3 Å². The molecular weight excluding hydrogens is 830 g/mol. The number of rotatable bonds is 6. The first-order valence-corrected chi connectivity index (χ1v) is 17.2. The summed E-state index contributed by atoms with van der Waals surface area (Å²) in [4.78, 5) is 47.5. The fraction of sp³-hybridized carbons (Fsp3) is 0.0625. The van der Waals surface area contributed by atoms with E-state index in [-0.39, 0.29) is 96.3 Å². The zero-order valence-electron chi connectivity index (χ0n) is 26.2. The number of amidine groups is 2. The van der Waals surface area contributed by atoms with E-state index in [1.807, 2.05) is 0 Å². The molecule has 0 saturated heterocycles. The fourth-order valence-electron chi connectivity index (χ4n) is 4.53. The Bertz CT molecular complexity index is 2110. The minimum atomic E-state index is -4.66. The number of hydrogen-bond donors (Lipinski definition) is 2. The van der Waals surface area contributed by atoms with Crippen molar-refractivity contribution in [3.05, 3.63) is 120 Å². The van der Waals surface area contributed by atoms with Gasteiger partial charge in [0.2, 0.25) is 0 Å². The third-order valence-electron chi connectivity index (χ3n) is 6.84. The average Bonchev–Trinajstić information content (AvgIpc) is 3.65. The average molecular weight is 854 g/mol. The van der Waals surface area contributed by atoms with Crippen LogP contribution in [0, 0.1) is 0 Å². The van der Waals surface area contributed by atoms with Gasteiger partial charge in [-0.05, 0) is 60.7 Å². The van der Waals surface area contributed by atoms with E-state index in [1.165, 1.54) is 34.3 Å². The van der Waals surface area contributed by atoms with Gasteiger partial charge in [-0.1, -0.05) is 48.5 Å². The molecule has 0 saturated carbocycles. The summed E-state index contributed by atoms with van der Waals surface area (Å²) < 4.78 is 66.2. The predicted molar refractivity (Wildman–Crippen MR) is 181 cm³/mol. The smallest absolute Gasteiger partial charge is 0.744 e. The zero-order chi connectivity index (χ0) is 36.1. The molecule has 2 N–H and O–H groups in total. The van der Waals surface area contributed by atoms with Crippen molar-refractivity contribution in [3.63, 3.8) is 0 Å². The van der Waals surface area contributed by atoms with Crippen molar-refractivity contribution >= 4 is 116 Å². The maximum absolute atomic E-state index is 12.2. The van der Waals surface area contributed by atoms with E-state index in [9.17, 15) is 45.1 Å². The minimum absolute atomic E-state index is 0. The van der Waals surface area contributed by atoms with E-state index in [2.05, 4.69) is 20.8 Å². The van der Waals surface area contributed by atoms with Gasteiger partial charge in [-0.25, -0.2) is 16.8 Å². The predicted octanol–water partition coefficient (Wildman–Crippen LogP) is 1.76. The molecule has 2 aliphatic rings. The number of amides is 4. The second kappa shape index (κ2) is 16.7. The summed E-state index contributed by atoms with van der Waals surface area (Å²) in [5.74, 6) is -1.67. The molecule has 0 unspecified atom stereocenters. The Balaban J connectivity index is 0.000000224. The molecule has 19 heteroatoms. The van der Waals surface area contributed by atoms with E-state index < -0.39 is 41.8 Å². The molecule has 4 amide bonds. The van der Waals surface area contributed by atoms with E-state index in [4.69, 9.17) is 0 Å². The topological polar surface area (TPSA) is 238 Å². The molecule has 0 bridgehead atoms. The van der Waals surface area contributed by atoms with Crippen LogP contribution in [0.4, 0.5) is 11.4 Å². The summed E-state index contributed by atoms with van der Waals surface area (Å²) in [6, 6.07) is 26.9. The van der Waals surface area contributed by atoms with Gasteiger partial charge in [0.05, 0.1) is 34.0 Å². The van der Waals surface area contributed by atoms with Crippen LogP contribution in [0.1, 0.15) is 33.6 Å².